The molecule has 0 unspecified atom stereocenters. The largest absolute Gasteiger partial charge is 0.216 e. The molecular formula is C15H21NO2S. The fourth-order valence-electron chi connectivity index (χ4n) is 3.64. The summed E-state index contributed by atoms with van der Waals surface area (Å²) in [6.45, 7) is 1.96. The molecule has 0 aromatic heterocycles. The average Bonchev–Trinajstić information content (AvgIpc) is 2.93. The third-order valence-corrected chi connectivity index (χ3v) is 6.03. The van der Waals surface area contributed by atoms with Crippen LogP contribution in [0.1, 0.15) is 36.8 Å². The van der Waals surface area contributed by atoms with Crippen LogP contribution in [0.15, 0.2) is 24.3 Å². The van der Waals surface area contributed by atoms with Crippen LogP contribution in [-0.4, -0.2) is 14.5 Å². The maximum Gasteiger partial charge on any atom is 0.216 e. The van der Waals surface area contributed by atoms with Crippen LogP contribution in [0.4, 0.5) is 0 Å². The smallest absolute Gasteiger partial charge is 0.212 e. The van der Waals surface area contributed by atoms with Gasteiger partial charge in [0.25, 0.3) is 0 Å². The lowest BCUT2D eigenvalue weighted by atomic mass is 9.96. The SMILES string of the molecule is Cc1ccccc1CS(=O)(=O)N[C@@H]1C[C@@H]2CC[C@@H]1C2. The van der Waals surface area contributed by atoms with Crippen LogP contribution < -0.4 is 4.72 Å². The molecular weight excluding hydrogens is 258 g/mol. The molecule has 2 aliphatic carbocycles. The third kappa shape index (κ3) is 2.84. The molecule has 2 bridgehead atoms. The third-order valence-electron chi connectivity index (χ3n) is 4.68. The summed E-state index contributed by atoms with van der Waals surface area (Å²) in [5, 5.41) is 0. The van der Waals surface area contributed by atoms with E-state index in [-0.39, 0.29) is 11.8 Å². The minimum Gasteiger partial charge on any atom is -0.212 e. The molecule has 0 amide bonds. The highest BCUT2D eigenvalue weighted by atomic mass is 32.2. The number of benzene rings is 1. The fourth-order valence-corrected chi connectivity index (χ4v) is 5.20. The Morgan fingerprint density at radius 2 is 2.00 bits per heavy atom. The summed E-state index contributed by atoms with van der Waals surface area (Å²) in [6, 6.07) is 7.88. The van der Waals surface area contributed by atoms with Crippen LogP contribution in [0.25, 0.3) is 0 Å². The van der Waals surface area contributed by atoms with Crippen LogP contribution in [0, 0.1) is 18.8 Å². The Bertz CT molecular complexity index is 567. The van der Waals surface area contributed by atoms with Gasteiger partial charge in [-0.05, 0) is 49.1 Å². The second kappa shape index (κ2) is 4.91. The highest BCUT2D eigenvalue weighted by Crippen LogP contribution is 2.44. The molecule has 2 fully saturated rings. The number of hydrogen-bond acceptors (Lipinski definition) is 2. The summed E-state index contributed by atoms with van der Waals surface area (Å²) in [5.41, 5.74) is 1.94. The van der Waals surface area contributed by atoms with Crippen LogP contribution in [-0.2, 0) is 15.8 Å². The second-order valence-corrected chi connectivity index (χ2v) is 7.84. The molecule has 2 saturated carbocycles. The highest BCUT2D eigenvalue weighted by Gasteiger charge is 2.41. The molecule has 4 heteroatoms. The van der Waals surface area contributed by atoms with Gasteiger partial charge >= 0.3 is 0 Å². The van der Waals surface area contributed by atoms with E-state index in [0.29, 0.717) is 5.92 Å². The molecule has 1 aromatic rings. The summed E-state index contributed by atoms with van der Waals surface area (Å²) < 4.78 is 27.5. The van der Waals surface area contributed by atoms with Crippen molar-refractivity contribution in [3.05, 3.63) is 35.4 Å². The lowest BCUT2D eigenvalue weighted by molar-refractivity contribution is 0.390. The molecule has 0 radical (unpaired) electrons. The van der Waals surface area contributed by atoms with Crippen molar-refractivity contribution in [1.82, 2.24) is 4.72 Å². The van der Waals surface area contributed by atoms with Gasteiger partial charge in [-0.3, -0.25) is 0 Å². The van der Waals surface area contributed by atoms with Crippen LogP contribution in [0.5, 0.6) is 0 Å². The fraction of sp³-hybridized carbons (Fsp3) is 0.600. The van der Waals surface area contributed by atoms with Gasteiger partial charge < -0.3 is 0 Å². The minimum absolute atomic E-state index is 0.105. The van der Waals surface area contributed by atoms with Crippen molar-refractivity contribution in [3.63, 3.8) is 0 Å². The molecule has 0 aliphatic heterocycles. The van der Waals surface area contributed by atoms with E-state index in [0.717, 1.165) is 23.5 Å². The number of nitrogens with one attached hydrogen (secondary N) is 1. The topological polar surface area (TPSA) is 46.2 Å². The molecule has 3 nitrogen and oxygen atoms in total. The van der Waals surface area contributed by atoms with E-state index in [1.165, 1.54) is 19.3 Å². The van der Waals surface area contributed by atoms with E-state index in [1.54, 1.807) is 0 Å². The second-order valence-electron chi connectivity index (χ2n) is 6.08. The van der Waals surface area contributed by atoms with Gasteiger partial charge in [0.2, 0.25) is 10.0 Å². The van der Waals surface area contributed by atoms with Gasteiger partial charge in [0.15, 0.2) is 0 Å². The molecule has 0 saturated heterocycles. The first kappa shape index (κ1) is 13.1. The van der Waals surface area contributed by atoms with Gasteiger partial charge in [-0.25, -0.2) is 13.1 Å². The van der Waals surface area contributed by atoms with E-state index in [4.69, 9.17) is 0 Å². The first-order chi connectivity index (χ1) is 9.03. The summed E-state index contributed by atoms with van der Waals surface area (Å²) in [7, 11) is -3.21. The van der Waals surface area contributed by atoms with E-state index in [2.05, 4.69) is 4.72 Å². The molecule has 0 spiro atoms. The lowest BCUT2D eigenvalue weighted by Crippen LogP contribution is -2.39. The molecule has 104 valence electrons. The highest BCUT2D eigenvalue weighted by molar-refractivity contribution is 7.88. The van der Waals surface area contributed by atoms with E-state index in [9.17, 15) is 8.42 Å². The maximum atomic E-state index is 12.3. The Morgan fingerprint density at radius 3 is 2.63 bits per heavy atom. The molecule has 3 rings (SSSR count). The Kier molecular flexibility index (Phi) is 3.39. The predicted molar refractivity (Wildman–Crippen MR) is 76.2 cm³/mol. The maximum absolute atomic E-state index is 12.3. The van der Waals surface area contributed by atoms with Gasteiger partial charge in [-0.2, -0.15) is 0 Å². The Labute approximate surface area is 115 Å². The zero-order valence-corrected chi connectivity index (χ0v) is 12.1. The lowest BCUT2D eigenvalue weighted by Gasteiger charge is -2.22. The number of aryl methyl sites for hydroxylation is 1. The normalized spacial score (nSPS) is 29.8. The monoisotopic (exact) mass is 279 g/mol. The molecule has 2 aliphatic rings. The van der Waals surface area contributed by atoms with Crippen molar-refractivity contribution in [1.29, 1.82) is 0 Å². The standard InChI is InChI=1S/C15H21NO2S/c1-11-4-2-3-5-14(11)10-19(17,18)16-15-9-12-6-7-13(15)8-12/h2-5,12-13,15-16H,6-10H2,1H3/t12-,13-,15-/m1/s1. The summed E-state index contributed by atoms with van der Waals surface area (Å²) >= 11 is 0. The van der Waals surface area contributed by atoms with Crippen molar-refractivity contribution < 1.29 is 8.42 Å². The molecule has 1 aromatic carbocycles. The predicted octanol–water partition coefficient (Wildman–Crippen LogP) is 2.60. The van der Waals surface area contributed by atoms with Gasteiger partial charge in [0, 0.05) is 6.04 Å². The van der Waals surface area contributed by atoms with Crippen molar-refractivity contribution in [3.8, 4) is 0 Å². The van der Waals surface area contributed by atoms with Gasteiger partial charge in [0.05, 0.1) is 5.75 Å². The van der Waals surface area contributed by atoms with Crippen LogP contribution in [0.2, 0.25) is 0 Å². The summed E-state index contributed by atoms with van der Waals surface area (Å²) in [6.07, 6.45) is 4.75. The number of fused-ring (bicyclic) bond motifs is 2. The molecule has 3 atom stereocenters. The van der Waals surface area contributed by atoms with Crippen molar-refractivity contribution in [2.45, 2.75) is 44.4 Å². The minimum atomic E-state index is -3.21. The van der Waals surface area contributed by atoms with Crippen LogP contribution >= 0.6 is 0 Å². The summed E-state index contributed by atoms with van der Waals surface area (Å²) in [4.78, 5) is 0. The Hall–Kier alpha value is -0.870. The Morgan fingerprint density at radius 1 is 1.21 bits per heavy atom. The first-order valence-electron chi connectivity index (χ1n) is 7.08. The van der Waals surface area contributed by atoms with Crippen LogP contribution in [0.3, 0.4) is 0 Å². The number of rotatable bonds is 4. The zero-order chi connectivity index (χ0) is 13.5. The molecule has 19 heavy (non-hydrogen) atoms. The molecule has 0 heterocycles. The van der Waals surface area contributed by atoms with Gasteiger partial charge in [-0.1, -0.05) is 30.7 Å². The zero-order valence-electron chi connectivity index (χ0n) is 11.3. The van der Waals surface area contributed by atoms with E-state index >= 15 is 0 Å². The van der Waals surface area contributed by atoms with E-state index in [1.807, 2.05) is 31.2 Å². The first-order valence-corrected chi connectivity index (χ1v) is 8.73. The van der Waals surface area contributed by atoms with Crippen molar-refractivity contribution in [2.24, 2.45) is 11.8 Å². The quantitative estimate of drug-likeness (QED) is 0.921. The van der Waals surface area contributed by atoms with Crippen molar-refractivity contribution in [2.75, 3.05) is 0 Å². The van der Waals surface area contributed by atoms with Crippen molar-refractivity contribution >= 4 is 10.0 Å². The van der Waals surface area contributed by atoms with E-state index < -0.39 is 10.0 Å². The molecule has 1 N–H and O–H groups in total. The number of sulfonamides is 1. The average molecular weight is 279 g/mol. The Balaban J connectivity index is 1.68. The van der Waals surface area contributed by atoms with Gasteiger partial charge in [-0.15, -0.1) is 0 Å². The number of hydrogen-bond donors (Lipinski definition) is 1. The summed E-state index contributed by atoms with van der Waals surface area (Å²) in [5.74, 6) is 1.45. The van der Waals surface area contributed by atoms with Gasteiger partial charge in [0.1, 0.15) is 0 Å².